The van der Waals surface area contributed by atoms with Crippen molar-refractivity contribution in [3.63, 3.8) is 0 Å². The molecule has 5 nitrogen and oxygen atoms in total. The van der Waals surface area contributed by atoms with E-state index in [9.17, 15) is 0 Å². The summed E-state index contributed by atoms with van der Waals surface area (Å²) in [5.41, 5.74) is 3.14. The number of allylic oxidation sites excluding steroid dienone is 5. The molecule has 152 valence electrons. The number of hydrogen-bond donors (Lipinski definition) is 0. The number of nitrogens with zero attached hydrogens (tertiary/aromatic N) is 4. The second kappa shape index (κ2) is 9.78. The van der Waals surface area contributed by atoms with Crippen LogP contribution in [0.2, 0.25) is 5.15 Å². The molecule has 2 aromatic rings. The van der Waals surface area contributed by atoms with Crippen molar-refractivity contribution in [3.05, 3.63) is 59.7 Å². The van der Waals surface area contributed by atoms with E-state index in [1.807, 2.05) is 23.5 Å². The predicted octanol–water partition coefficient (Wildman–Crippen LogP) is 5.14. The lowest BCUT2D eigenvalue weighted by Crippen LogP contribution is -2.37. The lowest BCUT2D eigenvalue weighted by atomic mass is 9.99. The molecule has 2 aromatic heterocycles. The number of fused-ring (bicyclic) bond motifs is 1. The van der Waals surface area contributed by atoms with Gasteiger partial charge in [0.2, 0.25) is 0 Å². The Labute approximate surface area is 177 Å². The molecule has 0 amide bonds. The van der Waals surface area contributed by atoms with E-state index in [1.165, 1.54) is 25.5 Å². The van der Waals surface area contributed by atoms with Crippen LogP contribution in [0, 0.1) is 17.2 Å². The average Bonchev–Trinajstić information content (AvgIpc) is 3.24. The molecule has 1 fully saturated rings. The number of imidazole rings is 1. The minimum Gasteiger partial charge on any atom is -0.491 e. The molecule has 1 aliphatic rings. The van der Waals surface area contributed by atoms with Crippen LogP contribution in [0.3, 0.4) is 0 Å². The second-order valence-electron chi connectivity index (χ2n) is 7.36. The van der Waals surface area contributed by atoms with Crippen LogP contribution in [0.15, 0.2) is 49.0 Å². The van der Waals surface area contributed by atoms with Crippen molar-refractivity contribution >= 4 is 22.7 Å². The average molecular weight is 411 g/mol. The summed E-state index contributed by atoms with van der Waals surface area (Å²) in [5, 5.41) is 9.64. The molecule has 1 aliphatic heterocycles. The van der Waals surface area contributed by atoms with E-state index < -0.39 is 0 Å². The molecule has 0 aliphatic carbocycles. The fourth-order valence-electron chi connectivity index (χ4n) is 3.66. The van der Waals surface area contributed by atoms with Crippen LogP contribution < -0.4 is 4.74 Å². The van der Waals surface area contributed by atoms with Crippen LogP contribution in [-0.2, 0) is 0 Å². The molecule has 1 saturated heterocycles. The first kappa shape index (κ1) is 21.2. The molecular weight excluding hydrogens is 384 g/mol. The van der Waals surface area contributed by atoms with E-state index in [1.54, 1.807) is 18.6 Å². The standard InChI is InChI=1S/C23H27ClN4O/c1-4-18(12-25)9-8-17(3)20-11-22(21-13-26-16-28(21)23(20)24)29-15-19-7-6-10-27(5-2)14-19/h4,8-9,11,13,16,19H,1,5-7,10,14-15H2,2-3H3/b17-8+,18-9+/t19-/m1/s1. The zero-order valence-corrected chi connectivity index (χ0v) is 17.8. The maximum Gasteiger partial charge on any atom is 0.145 e. The summed E-state index contributed by atoms with van der Waals surface area (Å²) in [6.07, 6.45) is 11.0. The molecule has 0 spiro atoms. The van der Waals surface area contributed by atoms with Crippen LogP contribution in [0.5, 0.6) is 5.75 Å². The Balaban J connectivity index is 1.88. The number of pyridine rings is 1. The zero-order chi connectivity index (χ0) is 20.8. The van der Waals surface area contributed by atoms with E-state index in [4.69, 9.17) is 21.6 Å². The van der Waals surface area contributed by atoms with Crippen molar-refractivity contribution in [2.75, 3.05) is 26.2 Å². The molecular formula is C23H27ClN4O. The monoisotopic (exact) mass is 410 g/mol. The van der Waals surface area contributed by atoms with Crippen LogP contribution in [-0.4, -0.2) is 40.5 Å². The molecule has 29 heavy (non-hydrogen) atoms. The van der Waals surface area contributed by atoms with Crippen molar-refractivity contribution in [1.29, 1.82) is 5.26 Å². The Morgan fingerprint density at radius 3 is 3.03 bits per heavy atom. The smallest absolute Gasteiger partial charge is 0.145 e. The summed E-state index contributed by atoms with van der Waals surface area (Å²) >= 11 is 6.63. The number of aromatic nitrogens is 2. The van der Waals surface area contributed by atoms with Crippen molar-refractivity contribution in [1.82, 2.24) is 14.3 Å². The minimum atomic E-state index is 0.499. The Bertz CT molecular complexity index is 983. The first-order valence-corrected chi connectivity index (χ1v) is 10.4. The van der Waals surface area contributed by atoms with Crippen LogP contribution >= 0.6 is 11.6 Å². The van der Waals surface area contributed by atoms with Crippen molar-refractivity contribution < 1.29 is 4.74 Å². The largest absolute Gasteiger partial charge is 0.491 e. The summed E-state index contributed by atoms with van der Waals surface area (Å²) in [6.45, 7) is 11.8. The highest BCUT2D eigenvalue weighted by Crippen LogP contribution is 2.32. The van der Waals surface area contributed by atoms with Gasteiger partial charge in [-0.3, -0.25) is 4.40 Å². The molecule has 0 saturated carbocycles. The summed E-state index contributed by atoms with van der Waals surface area (Å²) in [4.78, 5) is 6.72. The Morgan fingerprint density at radius 2 is 2.31 bits per heavy atom. The lowest BCUT2D eigenvalue weighted by Gasteiger charge is -2.31. The SMILES string of the molecule is C=C/C(C#N)=C\C=C(/C)c1cc(OC[C@@H]2CCCN(CC)C2)c2cncn2c1Cl. The topological polar surface area (TPSA) is 53.6 Å². The molecule has 0 unspecified atom stereocenters. The molecule has 3 rings (SSSR count). The Morgan fingerprint density at radius 1 is 1.48 bits per heavy atom. The summed E-state index contributed by atoms with van der Waals surface area (Å²) in [6, 6.07) is 4.07. The highest BCUT2D eigenvalue weighted by molar-refractivity contribution is 6.31. The van der Waals surface area contributed by atoms with Gasteiger partial charge in [-0.15, -0.1) is 0 Å². The maximum absolute atomic E-state index is 9.07. The fraction of sp³-hybridized carbons (Fsp3) is 0.391. The molecule has 0 bridgehead atoms. The molecule has 0 radical (unpaired) electrons. The van der Waals surface area contributed by atoms with E-state index in [-0.39, 0.29) is 0 Å². The highest BCUT2D eigenvalue weighted by Gasteiger charge is 2.20. The maximum atomic E-state index is 9.07. The molecule has 6 heteroatoms. The number of nitriles is 1. The van der Waals surface area contributed by atoms with Gasteiger partial charge in [-0.25, -0.2) is 4.98 Å². The molecule has 0 N–H and O–H groups in total. The van der Waals surface area contributed by atoms with Crippen LogP contribution in [0.1, 0.15) is 32.3 Å². The Kier molecular flexibility index (Phi) is 7.13. The van der Waals surface area contributed by atoms with E-state index in [2.05, 4.69) is 29.5 Å². The van der Waals surface area contributed by atoms with Gasteiger partial charge >= 0.3 is 0 Å². The predicted molar refractivity (Wildman–Crippen MR) is 118 cm³/mol. The first-order chi connectivity index (χ1) is 14.1. The number of halogens is 1. The highest BCUT2D eigenvalue weighted by atomic mass is 35.5. The Hall–Kier alpha value is -2.55. The number of piperidine rings is 1. The fourth-order valence-corrected chi connectivity index (χ4v) is 4.00. The third-order valence-electron chi connectivity index (χ3n) is 5.41. The van der Waals surface area contributed by atoms with E-state index in [0.717, 1.165) is 35.5 Å². The van der Waals surface area contributed by atoms with E-state index in [0.29, 0.717) is 23.3 Å². The van der Waals surface area contributed by atoms with Crippen molar-refractivity contribution in [3.8, 4) is 11.8 Å². The normalized spacial score (nSPS) is 18.6. The van der Waals surface area contributed by atoms with Gasteiger partial charge in [0.05, 0.1) is 24.4 Å². The summed E-state index contributed by atoms with van der Waals surface area (Å²) < 4.78 is 8.10. The van der Waals surface area contributed by atoms with Gasteiger partial charge in [0.1, 0.15) is 22.7 Å². The van der Waals surface area contributed by atoms with Crippen LogP contribution in [0.4, 0.5) is 0 Å². The van der Waals surface area contributed by atoms with Gasteiger partial charge in [-0.1, -0.05) is 37.3 Å². The number of rotatable bonds is 7. The third kappa shape index (κ3) is 4.90. The number of likely N-dealkylation sites (tertiary alicyclic amines) is 1. The number of hydrogen-bond acceptors (Lipinski definition) is 4. The van der Waals surface area contributed by atoms with Gasteiger partial charge in [0.25, 0.3) is 0 Å². The quantitative estimate of drug-likeness (QED) is 0.360. The first-order valence-electron chi connectivity index (χ1n) is 9.98. The van der Waals surface area contributed by atoms with Crippen molar-refractivity contribution in [2.45, 2.75) is 26.7 Å². The lowest BCUT2D eigenvalue weighted by molar-refractivity contribution is 0.135. The number of ether oxygens (including phenoxy) is 1. The van der Waals surface area contributed by atoms with Crippen LogP contribution in [0.25, 0.3) is 11.1 Å². The zero-order valence-electron chi connectivity index (χ0n) is 17.1. The molecule has 3 heterocycles. The van der Waals surface area contributed by atoms with E-state index >= 15 is 0 Å². The van der Waals surface area contributed by atoms with Gasteiger partial charge in [-0.2, -0.15) is 5.26 Å². The van der Waals surface area contributed by atoms with Gasteiger partial charge in [0, 0.05) is 18.0 Å². The second-order valence-corrected chi connectivity index (χ2v) is 7.72. The summed E-state index contributed by atoms with van der Waals surface area (Å²) in [5.74, 6) is 1.30. The minimum absolute atomic E-state index is 0.499. The van der Waals surface area contributed by atoms with Gasteiger partial charge in [0.15, 0.2) is 0 Å². The summed E-state index contributed by atoms with van der Waals surface area (Å²) in [7, 11) is 0. The van der Waals surface area contributed by atoms with Crippen molar-refractivity contribution in [2.24, 2.45) is 5.92 Å². The molecule has 1 atom stereocenters. The van der Waals surface area contributed by atoms with Gasteiger partial charge in [-0.05, 0) is 50.6 Å². The third-order valence-corrected chi connectivity index (χ3v) is 5.80. The molecule has 0 aromatic carbocycles. The van der Waals surface area contributed by atoms with Gasteiger partial charge < -0.3 is 9.64 Å².